The van der Waals surface area contributed by atoms with Crippen LogP contribution in [0.15, 0.2) is 24.3 Å². The van der Waals surface area contributed by atoms with Crippen LogP contribution >= 0.6 is 11.6 Å². The van der Waals surface area contributed by atoms with Crippen LogP contribution < -0.4 is 0 Å². The molecule has 0 unspecified atom stereocenters. The van der Waals surface area contributed by atoms with Crippen molar-refractivity contribution in [3.8, 4) is 0 Å². The molecular formula is C15H21ClO. The molecule has 0 spiro atoms. The second-order valence-electron chi connectivity index (χ2n) is 5.09. The number of halogens is 1. The van der Waals surface area contributed by atoms with Crippen molar-refractivity contribution >= 4 is 11.6 Å². The fourth-order valence-corrected chi connectivity index (χ4v) is 3.39. The Bertz CT molecular complexity index is 371. The molecular weight excluding hydrogens is 232 g/mol. The molecule has 2 heteroatoms. The van der Waals surface area contributed by atoms with Gasteiger partial charge < -0.3 is 5.11 Å². The quantitative estimate of drug-likeness (QED) is 0.839. The van der Waals surface area contributed by atoms with Crippen LogP contribution in [0.5, 0.6) is 0 Å². The molecule has 2 rings (SSSR count). The van der Waals surface area contributed by atoms with E-state index in [1.54, 1.807) is 0 Å². The first kappa shape index (κ1) is 12.9. The average Bonchev–Trinajstić information content (AvgIpc) is 2.39. The Morgan fingerprint density at radius 2 is 1.88 bits per heavy atom. The summed E-state index contributed by atoms with van der Waals surface area (Å²) in [6.07, 6.45) is 6.75. The Balaban J connectivity index is 2.32. The van der Waals surface area contributed by atoms with Crippen LogP contribution in [0.3, 0.4) is 0 Å². The molecule has 1 atom stereocenters. The van der Waals surface area contributed by atoms with Gasteiger partial charge in [0.05, 0.1) is 5.60 Å². The van der Waals surface area contributed by atoms with Crippen molar-refractivity contribution in [1.29, 1.82) is 0 Å². The van der Waals surface area contributed by atoms with Crippen molar-refractivity contribution in [1.82, 2.24) is 0 Å². The first-order chi connectivity index (χ1) is 8.18. The van der Waals surface area contributed by atoms with E-state index in [9.17, 15) is 5.11 Å². The van der Waals surface area contributed by atoms with Gasteiger partial charge >= 0.3 is 0 Å². The summed E-state index contributed by atoms with van der Waals surface area (Å²) in [5, 5.41) is 11.7. The first-order valence-corrected chi connectivity index (χ1v) is 7.03. The van der Waals surface area contributed by atoms with Crippen molar-refractivity contribution in [2.75, 3.05) is 0 Å². The van der Waals surface area contributed by atoms with E-state index in [4.69, 9.17) is 11.6 Å². The van der Waals surface area contributed by atoms with Crippen molar-refractivity contribution in [3.05, 3.63) is 34.9 Å². The Morgan fingerprint density at radius 1 is 1.24 bits per heavy atom. The van der Waals surface area contributed by atoms with Crippen LogP contribution in [0.1, 0.15) is 51.0 Å². The number of benzene rings is 1. The molecule has 1 aromatic carbocycles. The predicted molar refractivity (Wildman–Crippen MR) is 72.2 cm³/mol. The summed E-state index contributed by atoms with van der Waals surface area (Å²) in [6, 6.07) is 7.73. The van der Waals surface area contributed by atoms with Crippen molar-refractivity contribution in [2.45, 2.75) is 51.0 Å². The third-order valence-corrected chi connectivity index (χ3v) is 4.49. The van der Waals surface area contributed by atoms with Gasteiger partial charge in [-0.25, -0.2) is 0 Å². The van der Waals surface area contributed by atoms with Crippen LogP contribution in [-0.2, 0) is 5.60 Å². The number of hydrogen-bond donors (Lipinski definition) is 1. The molecule has 0 amide bonds. The van der Waals surface area contributed by atoms with Gasteiger partial charge in [-0.2, -0.15) is 0 Å². The molecule has 0 bridgehead atoms. The van der Waals surface area contributed by atoms with Crippen molar-refractivity contribution in [2.24, 2.45) is 5.92 Å². The van der Waals surface area contributed by atoms with E-state index in [1.165, 1.54) is 19.3 Å². The van der Waals surface area contributed by atoms with E-state index in [2.05, 4.69) is 6.92 Å². The summed E-state index contributed by atoms with van der Waals surface area (Å²) in [7, 11) is 0. The maximum absolute atomic E-state index is 11.0. The highest BCUT2D eigenvalue weighted by Gasteiger charge is 2.38. The second-order valence-corrected chi connectivity index (χ2v) is 5.50. The predicted octanol–water partition coefficient (Wildman–Crippen LogP) is 4.52. The molecule has 1 N–H and O–H groups in total. The zero-order valence-electron chi connectivity index (χ0n) is 10.5. The van der Waals surface area contributed by atoms with Crippen LogP contribution in [0.25, 0.3) is 0 Å². The molecule has 1 aliphatic rings. The van der Waals surface area contributed by atoms with E-state index in [-0.39, 0.29) is 0 Å². The van der Waals surface area contributed by atoms with Gasteiger partial charge in [-0.15, -0.1) is 0 Å². The summed E-state index contributed by atoms with van der Waals surface area (Å²) in [5.74, 6) is 0.362. The molecule has 1 saturated carbocycles. The molecule has 94 valence electrons. The summed E-state index contributed by atoms with van der Waals surface area (Å²) in [5.41, 5.74) is 0.176. The molecule has 0 radical (unpaired) electrons. The van der Waals surface area contributed by atoms with Crippen LogP contribution in [0.2, 0.25) is 5.02 Å². The first-order valence-electron chi connectivity index (χ1n) is 6.66. The Hall–Kier alpha value is -0.530. The standard InChI is InChI=1S/C15H21ClO/c1-2-15(17,12-8-4-3-5-9-12)13-10-6-7-11-14(13)16/h6-7,10-12,17H,2-5,8-9H2,1H3/t15-/m1/s1. The van der Waals surface area contributed by atoms with Gasteiger partial charge in [-0.3, -0.25) is 0 Å². The molecule has 1 nitrogen and oxygen atoms in total. The minimum atomic E-state index is -0.737. The lowest BCUT2D eigenvalue weighted by atomic mass is 9.72. The van der Waals surface area contributed by atoms with Crippen molar-refractivity contribution in [3.63, 3.8) is 0 Å². The number of hydrogen-bond acceptors (Lipinski definition) is 1. The molecule has 0 heterocycles. The summed E-state index contributed by atoms with van der Waals surface area (Å²) >= 11 is 6.25. The second kappa shape index (κ2) is 5.41. The molecule has 0 saturated heterocycles. The SMILES string of the molecule is CC[C@](O)(c1ccccc1Cl)C1CCCCC1. The molecule has 0 aromatic heterocycles. The monoisotopic (exact) mass is 252 g/mol. The summed E-state index contributed by atoms with van der Waals surface area (Å²) < 4.78 is 0. The van der Waals surface area contributed by atoms with Gasteiger partial charge in [-0.1, -0.05) is 56.0 Å². The number of rotatable bonds is 3. The third kappa shape index (κ3) is 2.51. The topological polar surface area (TPSA) is 20.2 Å². The summed E-state index contributed by atoms with van der Waals surface area (Å²) in [4.78, 5) is 0. The van der Waals surface area contributed by atoms with E-state index < -0.39 is 5.60 Å². The lowest BCUT2D eigenvalue weighted by Crippen LogP contribution is -2.36. The lowest BCUT2D eigenvalue weighted by Gasteiger charge is -2.38. The van der Waals surface area contributed by atoms with Gasteiger partial charge in [-0.05, 0) is 31.2 Å². The van der Waals surface area contributed by atoms with E-state index in [0.29, 0.717) is 10.9 Å². The largest absolute Gasteiger partial charge is 0.385 e. The molecule has 0 aliphatic heterocycles. The van der Waals surface area contributed by atoms with Gasteiger partial charge in [0.2, 0.25) is 0 Å². The summed E-state index contributed by atoms with van der Waals surface area (Å²) in [6.45, 7) is 2.05. The minimum absolute atomic E-state index is 0.362. The minimum Gasteiger partial charge on any atom is -0.385 e. The fraction of sp³-hybridized carbons (Fsp3) is 0.600. The Kier molecular flexibility index (Phi) is 4.11. The fourth-order valence-electron chi connectivity index (χ4n) is 3.09. The smallest absolute Gasteiger partial charge is 0.0936 e. The zero-order valence-corrected chi connectivity index (χ0v) is 11.2. The van der Waals surface area contributed by atoms with Crippen LogP contribution in [0, 0.1) is 5.92 Å². The third-order valence-electron chi connectivity index (χ3n) is 4.16. The molecule has 17 heavy (non-hydrogen) atoms. The Morgan fingerprint density at radius 3 is 2.47 bits per heavy atom. The maximum Gasteiger partial charge on any atom is 0.0936 e. The van der Waals surface area contributed by atoms with Crippen molar-refractivity contribution < 1.29 is 5.11 Å². The molecule has 1 aliphatic carbocycles. The lowest BCUT2D eigenvalue weighted by molar-refractivity contribution is -0.0421. The molecule has 1 aromatic rings. The highest BCUT2D eigenvalue weighted by atomic mass is 35.5. The van der Waals surface area contributed by atoms with E-state index >= 15 is 0 Å². The average molecular weight is 253 g/mol. The highest BCUT2D eigenvalue weighted by molar-refractivity contribution is 6.31. The number of aliphatic hydroxyl groups is 1. The van der Waals surface area contributed by atoms with Gasteiger partial charge in [0.25, 0.3) is 0 Å². The maximum atomic E-state index is 11.0. The van der Waals surface area contributed by atoms with Gasteiger partial charge in [0, 0.05) is 10.6 Å². The normalized spacial score (nSPS) is 21.1. The van der Waals surface area contributed by atoms with Crippen LogP contribution in [0.4, 0.5) is 0 Å². The molecule has 1 fully saturated rings. The van der Waals surface area contributed by atoms with Crippen LogP contribution in [-0.4, -0.2) is 5.11 Å². The zero-order chi connectivity index (χ0) is 12.3. The van der Waals surface area contributed by atoms with Gasteiger partial charge in [0.1, 0.15) is 0 Å². The van der Waals surface area contributed by atoms with E-state index in [1.807, 2.05) is 24.3 Å². The highest BCUT2D eigenvalue weighted by Crippen LogP contribution is 2.43. The van der Waals surface area contributed by atoms with Gasteiger partial charge in [0.15, 0.2) is 0 Å². The van der Waals surface area contributed by atoms with E-state index in [0.717, 1.165) is 24.8 Å². The Labute approximate surface area is 109 Å².